The minimum absolute atomic E-state index is 0.0730. The first-order valence-corrected chi connectivity index (χ1v) is 6.17. The molecule has 0 aromatic carbocycles. The summed E-state index contributed by atoms with van der Waals surface area (Å²) in [5, 5.41) is 6.25. The van der Waals surface area contributed by atoms with Crippen LogP contribution in [0.25, 0.3) is 0 Å². The van der Waals surface area contributed by atoms with Crippen molar-refractivity contribution >= 4 is 6.03 Å². The Hall–Kier alpha value is -0.810. The summed E-state index contributed by atoms with van der Waals surface area (Å²) in [6.07, 6.45) is 1.94. The third-order valence-corrected chi connectivity index (χ3v) is 3.18. The number of hydrogen-bond acceptors (Lipinski definition) is 3. The lowest BCUT2D eigenvalue weighted by Crippen LogP contribution is -2.61. The molecule has 2 saturated heterocycles. The minimum atomic E-state index is 0.0730. The summed E-state index contributed by atoms with van der Waals surface area (Å²) in [6, 6.07) is 0.658. The molecule has 1 unspecified atom stereocenters. The van der Waals surface area contributed by atoms with E-state index in [2.05, 4.69) is 17.6 Å². The molecule has 0 spiro atoms. The third kappa shape index (κ3) is 2.65. The van der Waals surface area contributed by atoms with E-state index in [0.717, 1.165) is 39.1 Å². The summed E-state index contributed by atoms with van der Waals surface area (Å²) >= 11 is 0. The molecular formula is C11H21N3O2. The average molecular weight is 227 g/mol. The molecule has 2 heterocycles. The van der Waals surface area contributed by atoms with Crippen LogP contribution in [0.3, 0.4) is 0 Å². The minimum Gasteiger partial charge on any atom is -0.379 e. The van der Waals surface area contributed by atoms with Gasteiger partial charge in [0.2, 0.25) is 0 Å². The number of urea groups is 1. The van der Waals surface area contributed by atoms with E-state index in [1.54, 1.807) is 0 Å². The number of nitrogens with zero attached hydrogens (tertiary/aromatic N) is 1. The van der Waals surface area contributed by atoms with Gasteiger partial charge in [0.05, 0.1) is 18.7 Å². The van der Waals surface area contributed by atoms with Crippen molar-refractivity contribution in [3.05, 3.63) is 0 Å². The van der Waals surface area contributed by atoms with E-state index < -0.39 is 0 Å². The molecule has 92 valence electrons. The number of amides is 2. The van der Waals surface area contributed by atoms with Gasteiger partial charge >= 0.3 is 6.03 Å². The van der Waals surface area contributed by atoms with E-state index in [1.807, 2.05) is 4.90 Å². The molecule has 0 aliphatic carbocycles. The van der Waals surface area contributed by atoms with Crippen LogP contribution in [0.4, 0.5) is 4.79 Å². The number of hydrogen-bond donors (Lipinski definition) is 2. The Morgan fingerprint density at radius 2 is 2.38 bits per heavy atom. The predicted molar refractivity (Wildman–Crippen MR) is 61.4 cm³/mol. The highest BCUT2D eigenvalue weighted by Gasteiger charge is 2.29. The van der Waals surface area contributed by atoms with Gasteiger partial charge in [-0.3, -0.25) is 0 Å². The average Bonchev–Trinajstić information content (AvgIpc) is 2.67. The Balaban J connectivity index is 1.82. The van der Waals surface area contributed by atoms with Gasteiger partial charge in [-0.25, -0.2) is 4.79 Å². The molecule has 2 fully saturated rings. The first-order chi connectivity index (χ1) is 7.81. The molecule has 0 aromatic rings. The van der Waals surface area contributed by atoms with Gasteiger partial charge < -0.3 is 20.3 Å². The fraction of sp³-hybridized carbons (Fsp3) is 0.909. The molecule has 2 N–H and O–H groups in total. The van der Waals surface area contributed by atoms with E-state index in [1.165, 1.54) is 0 Å². The van der Waals surface area contributed by atoms with Gasteiger partial charge in [0.1, 0.15) is 0 Å². The third-order valence-electron chi connectivity index (χ3n) is 3.18. The topological polar surface area (TPSA) is 53.6 Å². The molecule has 0 radical (unpaired) electrons. The second-order valence-electron chi connectivity index (χ2n) is 4.52. The highest BCUT2D eigenvalue weighted by Crippen LogP contribution is 2.09. The molecule has 2 rings (SSSR count). The standard InChI is InChI=1S/C11H21N3O2/c1-2-4-14(10-6-12-7-10)11(15)13-9-3-5-16-8-9/h9-10,12H,2-8H2,1H3,(H,13,15). The molecule has 5 heteroatoms. The maximum atomic E-state index is 12.1. The van der Waals surface area contributed by atoms with Crippen LogP contribution in [-0.4, -0.2) is 55.9 Å². The SMILES string of the molecule is CCCN(C(=O)NC1CCOC1)C1CNC1. The Kier molecular flexibility index (Phi) is 4.01. The van der Waals surface area contributed by atoms with Crippen molar-refractivity contribution in [3.63, 3.8) is 0 Å². The maximum Gasteiger partial charge on any atom is 0.318 e. The first kappa shape index (κ1) is 11.7. The number of carbonyl (C=O) groups is 1. The lowest BCUT2D eigenvalue weighted by molar-refractivity contribution is 0.143. The zero-order valence-electron chi connectivity index (χ0n) is 9.87. The summed E-state index contributed by atoms with van der Waals surface area (Å²) in [4.78, 5) is 14.0. The van der Waals surface area contributed by atoms with Gasteiger partial charge in [-0.2, -0.15) is 0 Å². The molecule has 2 aliphatic heterocycles. The van der Waals surface area contributed by atoms with E-state index in [9.17, 15) is 4.79 Å². The lowest BCUT2D eigenvalue weighted by atomic mass is 10.1. The lowest BCUT2D eigenvalue weighted by Gasteiger charge is -2.38. The molecule has 16 heavy (non-hydrogen) atoms. The summed E-state index contributed by atoms with van der Waals surface area (Å²) in [5.74, 6) is 0. The molecular weight excluding hydrogens is 206 g/mol. The van der Waals surface area contributed by atoms with Gasteiger partial charge in [-0.05, 0) is 12.8 Å². The van der Waals surface area contributed by atoms with Crippen molar-refractivity contribution in [1.82, 2.24) is 15.5 Å². The fourth-order valence-electron chi connectivity index (χ4n) is 2.09. The van der Waals surface area contributed by atoms with Gasteiger partial charge in [-0.15, -0.1) is 0 Å². The number of nitrogens with one attached hydrogen (secondary N) is 2. The summed E-state index contributed by atoms with van der Waals surface area (Å²) in [7, 11) is 0. The zero-order chi connectivity index (χ0) is 11.4. The second-order valence-corrected chi connectivity index (χ2v) is 4.52. The number of carbonyl (C=O) groups excluding carboxylic acids is 1. The van der Waals surface area contributed by atoms with Gasteiger partial charge in [0.25, 0.3) is 0 Å². The Morgan fingerprint density at radius 3 is 2.88 bits per heavy atom. The van der Waals surface area contributed by atoms with E-state index in [4.69, 9.17) is 4.74 Å². The molecule has 0 bridgehead atoms. The van der Waals surface area contributed by atoms with Crippen LogP contribution in [-0.2, 0) is 4.74 Å². The van der Waals surface area contributed by atoms with Crippen molar-refractivity contribution in [2.75, 3.05) is 32.8 Å². The van der Waals surface area contributed by atoms with E-state index >= 15 is 0 Å². The van der Waals surface area contributed by atoms with Crippen molar-refractivity contribution in [2.24, 2.45) is 0 Å². The predicted octanol–water partition coefficient (Wildman–Crippen LogP) is 0.169. The summed E-state index contributed by atoms with van der Waals surface area (Å²) < 4.78 is 5.25. The first-order valence-electron chi connectivity index (χ1n) is 6.17. The number of rotatable bonds is 4. The van der Waals surface area contributed by atoms with Crippen molar-refractivity contribution in [3.8, 4) is 0 Å². The molecule has 0 aromatic heterocycles. The fourth-order valence-corrected chi connectivity index (χ4v) is 2.09. The van der Waals surface area contributed by atoms with Crippen molar-refractivity contribution < 1.29 is 9.53 Å². The van der Waals surface area contributed by atoms with Crippen LogP contribution in [0.1, 0.15) is 19.8 Å². The normalized spacial score (nSPS) is 25.2. The number of ether oxygens (including phenoxy) is 1. The summed E-state index contributed by atoms with van der Waals surface area (Å²) in [5.41, 5.74) is 0. The monoisotopic (exact) mass is 227 g/mol. The van der Waals surface area contributed by atoms with Crippen LogP contribution in [0.2, 0.25) is 0 Å². The molecule has 1 atom stereocenters. The molecule has 0 saturated carbocycles. The van der Waals surface area contributed by atoms with Gasteiger partial charge in [-0.1, -0.05) is 6.92 Å². The van der Waals surface area contributed by atoms with Crippen LogP contribution in [0.15, 0.2) is 0 Å². The van der Waals surface area contributed by atoms with Gasteiger partial charge in [0, 0.05) is 26.2 Å². The highest BCUT2D eigenvalue weighted by atomic mass is 16.5. The van der Waals surface area contributed by atoms with E-state index in [0.29, 0.717) is 12.6 Å². The van der Waals surface area contributed by atoms with Crippen LogP contribution in [0, 0.1) is 0 Å². The Morgan fingerprint density at radius 1 is 1.56 bits per heavy atom. The van der Waals surface area contributed by atoms with Crippen LogP contribution in [0.5, 0.6) is 0 Å². The van der Waals surface area contributed by atoms with Crippen LogP contribution >= 0.6 is 0 Å². The molecule has 2 amide bonds. The smallest absolute Gasteiger partial charge is 0.318 e. The maximum absolute atomic E-state index is 12.1. The molecule has 2 aliphatic rings. The Labute approximate surface area is 96.5 Å². The zero-order valence-corrected chi connectivity index (χ0v) is 9.87. The highest BCUT2D eigenvalue weighted by molar-refractivity contribution is 5.75. The van der Waals surface area contributed by atoms with Crippen molar-refractivity contribution in [2.45, 2.75) is 31.8 Å². The van der Waals surface area contributed by atoms with E-state index in [-0.39, 0.29) is 12.1 Å². The Bertz CT molecular complexity index is 237. The second kappa shape index (κ2) is 5.50. The largest absolute Gasteiger partial charge is 0.379 e. The summed E-state index contributed by atoms with van der Waals surface area (Å²) in [6.45, 7) is 6.22. The molecule has 5 nitrogen and oxygen atoms in total. The van der Waals surface area contributed by atoms with Gasteiger partial charge in [0.15, 0.2) is 0 Å². The van der Waals surface area contributed by atoms with Crippen molar-refractivity contribution in [1.29, 1.82) is 0 Å². The quantitative estimate of drug-likeness (QED) is 0.720. The van der Waals surface area contributed by atoms with Crippen LogP contribution < -0.4 is 10.6 Å².